The SMILES string of the molecule is COc1cc(CCCCl)ccc1Cl. The molecule has 0 radical (unpaired) electrons. The van der Waals surface area contributed by atoms with Crippen molar-refractivity contribution in [3.63, 3.8) is 0 Å². The Bertz CT molecular complexity index is 274. The average Bonchev–Trinajstić information content (AvgIpc) is 2.16. The van der Waals surface area contributed by atoms with E-state index in [4.69, 9.17) is 27.9 Å². The van der Waals surface area contributed by atoms with E-state index in [1.54, 1.807) is 7.11 Å². The predicted molar refractivity (Wildman–Crippen MR) is 57.0 cm³/mol. The minimum Gasteiger partial charge on any atom is -0.495 e. The highest BCUT2D eigenvalue weighted by Crippen LogP contribution is 2.25. The van der Waals surface area contributed by atoms with E-state index in [9.17, 15) is 0 Å². The summed E-state index contributed by atoms with van der Waals surface area (Å²) in [4.78, 5) is 0. The number of halogens is 2. The van der Waals surface area contributed by atoms with Gasteiger partial charge >= 0.3 is 0 Å². The molecular weight excluding hydrogens is 207 g/mol. The average molecular weight is 219 g/mol. The first kappa shape index (κ1) is 10.7. The van der Waals surface area contributed by atoms with Crippen molar-refractivity contribution in [1.82, 2.24) is 0 Å². The van der Waals surface area contributed by atoms with Gasteiger partial charge in [0.25, 0.3) is 0 Å². The van der Waals surface area contributed by atoms with E-state index in [-0.39, 0.29) is 0 Å². The minimum atomic E-state index is 0.650. The van der Waals surface area contributed by atoms with Crippen molar-refractivity contribution in [3.8, 4) is 5.75 Å². The number of alkyl halides is 1. The zero-order valence-corrected chi connectivity index (χ0v) is 9.03. The van der Waals surface area contributed by atoms with Crippen molar-refractivity contribution in [2.45, 2.75) is 12.8 Å². The number of hydrogen-bond acceptors (Lipinski definition) is 1. The van der Waals surface area contributed by atoms with Gasteiger partial charge in [-0.3, -0.25) is 0 Å². The highest BCUT2D eigenvalue weighted by Gasteiger charge is 2.01. The molecule has 0 aromatic heterocycles. The van der Waals surface area contributed by atoms with Gasteiger partial charge in [-0.05, 0) is 30.5 Å². The summed E-state index contributed by atoms with van der Waals surface area (Å²) in [6.07, 6.45) is 1.95. The lowest BCUT2D eigenvalue weighted by Crippen LogP contribution is -1.89. The third-order valence-corrected chi connectivity index (χ3v) is 2.39. The Balaban J connectivity index is 2.74. The van der Waals surface area contributed by atoms with Crippen LogP contribution in [0.5, 0.6) is 5.75 Å². The van der Waals surface area contributed by atoms with Gasteiger partial charge in [0.15, 0.2) is 0 Å². The lowest BCUT2D eigenvalue weighted by molar-refractivity contribution is 0.414. The molecule has 72 valence electrons. The third-order valence-electron chi connectivity index (χ3n) is 1.81. The van der Waals surface area contributed by atoms with E-state index in [1.807, 2.05) is 18.2 Å². The van der Waals surface area contributed by atoms with Crippen LogP contribution in [0.25, 0.3) is 0 Å². The number of ether oxygens (including phenoxy) is 1. The van der Waals surface area contributed by atoms with Gasteiger partial charge in [-0.1, -0.05) is 17.7 Å². The molecule has 0 aliphatic carbocycles. The molecule has 1 nitrogen and oxygen atoms in total. The van der Waals surface area contributed by atoms with Crippen LogP contribution in [0.4, 0.5) is 0 Å². The van der Waals surface area contributed by atoms with E-state index >= 15 is 0 Å². The maximum Gasteiger partial charge on any atom is 0.137 e. The van der Waals surface area contributed by atoms with Crippen molar-refractivity contribution in [2.24, 2.45) is 0 Å². The van der Waals surface area contributed by atoms with Crippen LogP contribution in [0.15, 0.2) is 18.2 Å². The molecule has 0 saturated carbocycles. The maximum atomic E-state index is 5.88. The molecule has 0 N–H and O–H groups in total. The number of methoxy groups -OCH3 is 1. The summed E-state index contributed by atoms with van der Waals surface area (Å²) in [6.45, 7) is 0. The summed E-state index contributed by atoms with van der Waals surface area (Å²) in [5, 5.41) is 0.650. The molecule has 0 bridgehead atoms. The summed E-state index contributed by atoms with van der Waals surface area (Å²) in [5.41, 5.74) is 1.21. The lowest BCUT2D eigenvalue weighted by atomic mass is 10.1. The van der Waals surface area contributed by atoms with Crippen LogP contribution < -0.4 is 4.74 Å². The second-order valence-electron chi connectivity index (χ2n) is 2.76. The first-order chi connectivity index (χ1) is 6.27. The molecule has 0 spiro atoms. The molecule has 0 aliphatic rings. The molecule has 1 aromatic carbocycles. The fraction of sp³-hybridized carbons (Fsp3) is 0.400. The molecule has 0 fully saturated rings. The number of hydrogen-bond donors (Lipinski definition) is 0. The Morgan fingerprint density at radius 1 is 1.38 bits per heavy atom. The molecule has 0 heterocycles. The van der Waals surface area contributed by atoms with Crippen molar-refractivity contribution >= 4 is 23.2 Å². The van der Waals surface area contributed by atoms with Gasteiger partial charge in [-0.25, -0.2) is 0 Å². The van der Waals surface area contributed by atoms with E-state index in [1.165, 1.54) is 5.56 Å². The zero-order chi connectivity index (χ0) is 9.68. The fourth-order valence-corrected chi connectivity index (χ4v) is 1.46. The second kappa shape index (κ2) is 5.36. The van der Waals surface area contributed by atoms with Crippen LogP contribution in [-0.2, 0) is 6.42 Å². The van der Waals surface area contributed by atoms with Crippen molar-refractivity contribution in [1.29, 1.82) is 0 Å². The van der Waals surface area contributed by atoms with Crippen molar-refractivity contribution < 1.29 is 4.74 Å². The Morgan fingerprint density at radius 2 is 2.15 bits per heavy atom. The quantitative estimate of drug-likeness (QED) is 0.704. The summed E-state index contributed by atoms with van der Waals surface area (Å²) in [7, 11) is 1.62. The normalized spacial score (nSPS) is 10.1. The molecule has 0 amide bonds. The molecule has 3 heteroatoms. The number of benzene rings is 1. The lowest BCUT2D eigenvalue weighted by Gasteiger charge is -2.05. The van der Waals surface area contributed by atoms with Gasteiger partial charge in [-0.2, -0.15) is 0 Å². The third kappa shape index (κ3) is 3.09. The van der Waals surface area contributed by atoms with Crippen LogP contribution in [0.3, 0.4) is 0 Å². The number of rotatable bonds is 4. The standard InChI is InChI=1S/C10H12Cl2O/c1-13-10-7-8(3-2-6-11)4-5-9(10)12/h4-5,7H,2-3,6H2,1H3. The van der Waals surface area contributed by atoms with Crippen LogP contribution in [0.1, 0.15) is 12.0 Å². The summed E-state index contributed by atoms with van der Waals surface area (Å²) < 4.78 is 5.10. The Kier molecular flexibility index (Phi) is 4.40. The molecule has 13 heavy (non-hydrogen) atoms. The Hall–Kier alpha value is -0.400. The highest BCUT2D eigenvalue weighted by molar-refractivity contribution is 6.32. The summed E-state index contributed by atoms with van der Waals surface area (Å²) in [5.74, 6) is 1.42. The molecule has 0 saturated heterocycles. The number of aryl methyl sites for hydroxylation is 1. The van der Waals surface area contributed by atoms with E-state index in [0.717, 1.165) is 18.6 Å². The molecular formula is C10H12Cl2O. The van der Waals surface area contributed by atoms with Gasteiger partial charge in [0, 0.05) is 5.88 Å². The van der Waals surface area contributed by atoms with Gasteiger partial charge in [0.2, 0.25) is 0 Å². The van der Waals surface area contributed by atoms with Gasteiger partial charge < -0.3 is 4.74 Å². The molecule has 0 aliphatic heterocycles. The first-order valence-electron chi connectivity index (χ1n) is 4.16. The summed E-state index contributed by atoms with van der Waals surface area (Å²) >= 11 is 11.5. The van der Waals surface area contributed by atoms with Crippen molar-refractivity contribution in [2.75, 3.05) is 13.0 Å². The second-order valence-corrected chi connectivity index (χ2v) is 3.55. The topological polar surface area (TPSA) is 9.23 Å². The molecule has 0 atom stereocenters. The van der Waals surface area contributed by atoms with E-state index < -0.39 is 0 Å². The monoisotopic (exact) mass is 218 g/mol. The molecule has 1 aromatic rings. The summed E-state index contributed by atoms with van der Waals surface area (Å²) in [6, 6.07) is 5.80. The largest absolute Gasteiger partial charge is 0.495 e. The smallest absolute Gasteiger partial charge is 0.137 e. The van der Waals surface area contributed by atoms with Crippen molar-refractivity contribution in [3.05, 3.63) is 28.8 Å². The highest BCUT2D eigenvalue weighted by atomic mass is 35.5. The van der Waals surface area contributed by atoms with Gasteiger partial charge in [0.05, 0.1) is 12.1 Å². The minimum absolute atomic E-state index is 0.650. The van der Waals surface area contributed by atoms with E-state index in [0.29, 0.717) is 10.9 Å². The Morgan fingerprint density at radius 3 is 2.77 bits per heavy atom. The van der Waals surface area contributed by atoms with Crippen LogP contribution in [-0.4, -0.2) is 13.0 Å². The van der Waals surface area contributed by atoms with Gasteiger partial charge in [-0.15, -0.1) is 11.6 Å². The zero-order valence-electron chi connectivity index (χ0n) is 7.52. The van der Waals surface area contributed by atoms with Crippen LogP contribution in [0, 0.1) is 0 Å². The first-order valence-corrected chi connectivity index (χ1v) is 5.07. The molecule has 0 unspecified atom stereocenters. The molecule has 1 rings (SSSR count). The van der Waals surface area contributed by atoms with Crippen LogP contribution >= 0.6 is 23.2 Å². The fourth-order valence-electron chi connectivity index (χ4n) is 1.13. The van der Waals surface area contributed by atoms with Crippen LogP contribution in [0.2, 0.25) is 5.02 Å². The Labute approximate surface area is 88.6 Å². The predicted octanol–water partition coefficient (Wildman–Crippen LogP) is 3.52. The van der Waals surface area contributed by atoms with E-state index in [2.05, 4.69) is 0 Å². The maximum absolute atomic E-state index is 5.88. The van der Waals surface area contributed by atoms with Gasteiger partial charge in [0.1, 0.15) is 5.75 Å².